The number of hydrogen-bond acceptors (Lipinski definition) is 7. The van der Waals surface area contributed by atoms with E-state index in [4.69, 9.17) is 9.47 Å². The van der Waals surface area contributed by atoms with E-state index in [1.54, 1.807) is 18.5 Å². The maximum Gasteiger partial charge on any atom is 0.265 e. The standard InChI is InChI=1S/C16H18N4O3S/c21-15(14-13-12(10-24-14)22-7-8-23-13)19-11-3-1-6-20(9-11)16-17-4-2-5-18-16/h2,4-5,10-11H,1,3,6-9H2,(H,19,21)/t11-/m1/s1. The first-order valence-corrected chi connectivity index (χ1v) is 8.89. The van der Waals surface area contributed by atoms with Gasteiger partial charge in [-0.2, -0.15) is 0 Å². The molecule has 8 heteroatoms. The highest BCUT2D eigenvalue weighted by molar-refractivity contribution is 7.12. The SMILES string of the molecule is O=C(N[C@@H]1CCCN(c2ncccn2)C1)c1scc2c1OCCO2. The predicted molar refractivity (Wildman–Crippen MR) is 90.0 cm³/mol. The Labute approximate surface area is 143 Å². The fourth-order valence-corrected chi connectivity index (χ4v) is 3.83. The van der Waals surface area contributed by atoms with Gasteiger partial charge < -0.3 is 19.7 Å². The highest BCUT2D eigenvalue weighted by atomic mass is 32.1. The second-order valence-corrected chi connectivity index (χ2v) is 6.64. The number of anilines is 1. The van der Waals surface area contributed by atoms with Gasteiger partial charge in [-0.25, -0.2) is 9.97 Å². The number of ether oxygens (including phenoxy) is 2. The molecule has 0 spiro atoms. The third-order valence-corrected chi connectivity index (χ3v) is 5.04. The third kappa shape index (κ3) is 3.01. The van der Waals surface area contributed by atoms with Gasteiger partial charge in [0.25, 0.3) is 5.91 Å². The number of fused-ring (bicyclic) bond motifs is 1. The van der Waals surface area contributed by atoms with Gasteiger partial charge in [0.15, 0.2) is 11.5 Å². The van der Waals surface area contributed by atoms with E-state index in [9.17, 15) is 4.79 Å². The lowest BCUT2D eigenvalue weighted by atomic mass is 10.1. The van der Waals surface area contributed by atoms with Gasteiger partial charge in [0.05, 0.1) is 0 Å². The van der Waals surface area contributed by atoms with Crippen molar-refractivity contribution in [1.82, 2.24) is 15.3 Å². The zero-order chi connectivity index (χ0) is 16.4. The summed E-state index contributed by atoms with van der Waals surface area (Å²) in [5.74, 6) is 1.84. The Kier molecular flexibility index (Phi) is 4.20. The molecule has 0 unspecified atom stereocenters. The molecule has 126 valence electrons. The molecule has 2 aromatic heterocycles. The smallest absolute Gasteiger partial charge is 0.265 e. The quantitative estimate of drug-likeness (QED) is 0.912. The maximum atomic E-state index is 12.6. The molecular formula is C16H18N4O3S. The fourth-order valence-electron chi connectivity index (χ4n) is 3.00. The Morgan fingerprint density at radius 2 is 2.12 bits per heavy atom. The summed E-state index contributed by atoms with van der Waals surface area (Å²) >= 11 is 1.36. The summed E-state index contributed by atoms with van der Waals surface area (Å²) in [5.41, 5.74) is 0. The average molecular weight is 346 g/mol. The van der Waals surface area contributed by atoms with Crippen LogP contribution in [0, 0.1) is 0 Å². The molecule has 1 saturated heterocycles. The summed E-state index contributed by atoms with van der Waals surface area (Å²) in [6.45, 7) is 2.62. The van der Waals surface area contributed by atoms with Crippen LogP contribution in [0.4, 0.5) is 5.95 Å². The number of nitrogens with zero attached hydrogens (tertiary/aromatic N) is 3. The Balaban J connectivity index is 1.43. The Morgan fingerprint density at radius 3 is 3.00 bits per heavy atom. The van der Waals surface area contributed by atoms with Crippen molar-refractivity contribution in [3.8, 4) is 11.5 Å². The molecule has 4 rings (SSSR count). The van der Waals surface area contributed by atoms with Crippen LogP contribution in [-0.4, -0.2) is 48.2 Å². The van der Waals surface area contributed by atoms with Crippen LogP contribution in [0.1, 0.15) is 22.5 Å². The van der Waals surface area contributed by atoms with E-state index in [-0.39, 0.29) is 11.9 Å². The highest BCUT2D eigenvalue weighted by Gasteiger charge is 2.27. The van der Waals surface area contributed by atoms with Gasteiger partial charge in [-0.15, -0.1) is 11.3 Å². The number of thiophene rings is 1. The second kappa shape index (κ2) is 6.64. The van der Waals surface area contributed by atoms with Gasteiger partial charge in [-0.1, -0.05) is 0 Å². The van der Waals surface area contributed by atoms with Crippen molar-refractivity contribution in [3.63, 3.8) is 0 Å². The summed E-state index contributed by atoms with van der Waals surface area (Å²) in [6, 6.07) is 1.87. The summed E-state index contributed by atoms with van der Waals surface area (Å²) in [7, 11) is 0. The molecule has 7 nitrogen and oxygen atoms in total. The number of rotatable bonds is 3. The summed E-state index contributed by atoms with van der Waals surface area (Å²) < 4.78 is 11.1. The van der Waals surface area contributed by atoms with Crippen LogP contribution in [0.25, 0.3) is 0 Å². The Morgan fingerprint density at radius 1 is 1.29 bits per heavy atom. The van der Waals surface area contributed by atoms with Crippen LogP contribution in [0.2, 0.25) is 0 Å². The number of aromatic nitrogens is 2. The Hall–Kier alpha value is -2.35. The zero-order valence-electron chi connectivity index (χ0n) is 13.1. The van der Waals surface area contributed by atoms with Crippen LogP contribution >= 0.6 is 11.3 Å². The number of carbonyl (C=O) groups excluding carboxylic acids is 1. The van der Waals surface area contributed by atoms with E-state index in [0.717, 1.165) is 19.4 Å². The number of hydrogen-bond donors (Lipinski definition) is 1. The van der Waals surface area contributed by atoms with Crippen molar-refractivity contribution in [2.45, 2.75) is 18.9 Å². The Bertz CT molecular complexity index is 721. The molecule has 0 bridgehead atoms. The van der Waals surface area contributed by atoms with Gasteiger partial charge >= 0.3 is 0 Å². The zero-order valence-corrected chi connectivity index (χ0v) is 13.9. The van der Waals surface area contributed by atoms with Gasteiger partial charge in [-0.3, -0.25) is 4.79 Å². The summed E-state index contributed by atoms with van der Waals surface area (Å²) in [6.07, 6.45) is 5.41. The lowest BCUT2D eigenvalue weighted by Crippen LogP contribution is -2.48. The minimum absolute atomic E-state index is 0.0670. The van der Waals surface area contributed by atoms with Crippen molar-refractivity contribution in [3.05, 3.63) is 28.7 Å². The van der Waals surface area contributed by atoms with Crippen molar-refractivity contribution < 1.29 is 14.3 Å². The molecule has 24 heavy (non-hydrogen) atoms. The molecule has 0 saturated carbocycles. The van der Waals surface area contributed by atoms with Crippen molar-refractivity contribution in [2.75, 3.05) is 31.2 Å². The van der Waals surface area contributed by atoms with Gasteiger partial charge in [0.2, 0.25) is 5.95 Å². The normalized spacial score (nSPS) is 19.8. The van der Waals surface area contributed by atoms with Gasteiger partial charge in [-0.05, 0) is 18.9 Å². The average Bonchev–Trinajstić information content (AvgIpc) is 3.07. The van der Waals surface area contributed by atoms with E-state index in [0.29, 0.717) is 42.1 Å². The van der Waals surface area contributed by atoms with E-state index >= 15 is 0 Å². The van der Waals surface area contributed by atoms with E-state index in [1.165, 1.54) is 11.3 Å². The molecule has 1 fully saturated rings. The van der Waals surface area contributed by atoms with E-state index in [1.807, 2.05) is 5.38 Å². The van der Waals surface area contributed by atoms with E-state index in [2.05, 4.69) is 20.2 Å². The molecule has 0 radical (unpaired) electrons. The molecule has 0 aromatic carbocycles. The fraction of sp³-hybridized carbons (Fsp3) is 0.438. The van der Waals surface area contributed by atoms with Crippen molar-refractivity contribution in [1.29, 1.82) is 0 Å². The summed E-state index contributed by atoms with van der Waals surface area (Å²) in [5, 5.41) is 4.94. The first kappa shape index (κ1) is 15.2. The van der Waals surface area contributed by atoms with Crippen molar-refractivity contribution >= 4 is 23.2 Å². The van der Waals surface area contributed by atoms with Crippen LogP contribution in [-0.2, 0) is 0 Å². The minimum Gasteiger partial charge on any atom is -0.485 e. The molecule has 0 aliphatic carbocycles. The van der Waals surface area contributed by atoms with Crippen LogP contribution < -0.4 is 19.7 Å². The molecular weight excluding hydrogens is 328 g/mol. The topological polar surface area (TPSA) is 76.6 Å². The molecule has 2 aliphatic heterocycles. The van der Waals surface area contributed by atoms with Gasteiger partial charge in [0.1, 0.15) is 18.1 Å². The first-order valence-electron chi connectivity index (χ1n) is 8.01. The van der Waals surface area contributed by atoms with Crippen LogP contribution in [0.5, 0.6) is 11.5 Å². The van der Waals surface area contributed by atoms with Crippen molar-refractivity contribution in [2.24, 2.45) is 0 Å². The predicted octanol–water partition coefficient (Wildman–Crippen LogP) is 1.71. The lowest BCUT2D eigenvalue weighted by Gasteiger charge is -2.33. The molecule has 2 aliphatic rings. The largest absolute Gasteiger partial charge is 0.485 e. The monoisotopic (exact) mass is 346 g/mol. The molecule has 4 heterocycles. The molecule has 1 atom stereocenters. The molecule has 1 N–H and O–H groups in total. The molecule has 2 aromatic rings. The lowest BCUT2D eigenvalue weighted by molar-refractivity contribution is 0.0928. The number of carbonyl (C=O) groups is 1. The first-order chi connectivity index (χ1) is 11.8. The van der Waals surface area contributed by atoms with Crippen LogP contribution in [0.3, 0.4) is 0 Å². The van der Waals surface area contributed by atoms with E-state index < -0.39 is 0 Å². The summed E-state index contributed by atoms with van der Waals surface area (Å²) in [4.78, 5) is 23.9. The number of piperidine rings is 1. The second-order valence-electron chi connectivity index (χ2n) is 5.76. The van der Waals surface area contributed by atoms with Crippen LogP contribution in [0.15, 0.2) is 23.8 Å². The third-order valence-electron chi connectivity index (χ3n) is 4.10. The maximum absolute atomic E-state index is 12.6. The number of nitrogens with one attached hydrogen (secondary N) is 1. The van der Waals surface area contributed by atoms with Gasteiger partial charge in [0, 0.05) is 36.9 Å². The molecule has 1 amide bonds. The minimum atomic E-state index is -0.104. The highest BCUT2D eigenvalue weighted by Crippen LogP contribution is 2.39. The number of amides is 1.